The largest absolute Gasteiger partial charge is 0.465 e. The second kappa shape index (κ2) is 7.57. The minimum absolute atomic E-state index is 0.167. The second-order valence-electron chi connectivity index (χ2n) is 2.73. The standard InChI is InChI=1S/C10H13BrO3/c1-3-14-10(13)9(8(2)12)6-4-5-7-11/h9H,3-4,6H2,1-2H3. The Kier molecular flexibility index (Phi) is 7.13. The fourth-order valence-electron chi connectivity index (χ4n) is 0.994. The number of hydrogen-bond donors (Lipinski definition) is 0. The van der Waals surface area contributed by atoms with Crippen LogP contribution in [-0.2, 0) is 14.3 Å². The van der Waals surface area contributed by atoms with Gasteiger partial charge in [-0.1, -0.05) is 5.92 Å². The molecule has 0 heterocycles. The van der Waals surface area contributed by atoms with Gasteiger partial charge in [0.25, 0.3) is 0 Å². The normalized spacial score (nSPS) is 11.1. The Bertz CT molecular complexity index is 262. The van der Waals surface area contributed by atoms with E-state index in [1.54, 1.807) is 6.92 Å². The highest BCUT2D eigenvalue weighted by molar-refractivity contribution is 9.12. The summed E-state index contributed by atoms with van der Waals surface area (Å²) in [6.07, 6.45) is 0.932. The highest BCUT2D eigenvalue weighted by Gasteiger charge is 2.23. The van der Waals surface area contributed by atoms with Crippen molar-refractivity contribution < 1.29 is 14.3 Å². The molecule has 0 saturated heterocycles. The first-order chi connectivity index (χ1) is 6.63. The zero-order valence-electron chi connectivity index (χ0n) is 8.30. The lowest BCUT2D eigenvalue weighted by atomic mass is 10.00. The van der Waals surface area contributed by atoms with Gasteiger partial charge in [-0.25, -0.2) is 0 Å². The first kappa shape index (κ1) is 13.2. The maximum atomic E-state index is 11.3. The molecule has 0 aromatic heterocycles. The summed E-state index contributed by atoms with van der Waals surface area (Å²) in [7, 11) is 0. The van der Waals surface area contributed by atoms with Gasteiger partial charge in [-0.3, -0.25) is 9.59 Å². The van der Waals surface area contributed by atoms with Crippen LogP contribution in [0.2, 0.25) is 0 Å². The number of esters is 1. The van der Waals surface area contributed by atoms with Gasteiger partial charge in [-0.2, -0.15) is 0 Å². The summed E-state index contributed by atoms with van der Waals surface area (Å²) < 4.78 is 4.78. The van der Waals surface area contributed by atoms with Crippen molar-refractivity contribution in [2.45, 2.75) is 26.7 Å². The van der Waals surface area contributed by atoms with Gasteiger partial charge in [-0.05, 0) is 25.1 Å². The SMILES string of the molecule is CCOC(=O)C(CCC#CBr)C(C)=O. The lowest BCUT2D eigenvalue weighted by molar-refractivity contribution is -0.151. The van der Waals surface area contributed by atoms with Gasteiger partial charge in [-0.15, -0.1) is 0 Å². The molecule has 0 radical (unpaired) electrons. The number of halogens is 1. The molecule has 0 fully saturated rings. The van der Waals surface area contributed by atoms with E-state index in [4.69, 9.17) is 4.74 Å². The molecular formula is C10H13BrO3. The minimum Gasteiger partial charge on any atom is -0.465 e. The van der Waals surface area contributed by atoms with Gasteiger partial charge in [0.2, 0.25) is 0 Å². The van der Waals surface area contributed by atoms with Crippen LogP contribution in [0, 0.1) is 16.7 Å². The van der Waals surface area contributed by atoms with Crippen molar-refractivity contribution >= 4 is 27.7 Å². The van der Waals surface area contributed by atoms with Crippen LogP contribution in [0.25, 0.3) is 0 Å². The Morgan fingerprint density at radius 3 is 2.57 bits per heavy atom. The van der Waals surface area contributed by atoms with Gasteiger partial charge in [0.05, 0.1) is 6.61 Å². The molecule has 0 rings (SSSR count). The molecule has 1 atom stereocenters. The predicted molar refractivity (Wildman–Crippen MR) is 56.7 cm³/mol. The van der Waals surface area contributed by atoms with Crippen LogP contribution in [0.1, 0.15) is 26.7 Å². The van der Waals surface area contributed by atoms with Crippen LogP contribution in [0.15, 0.2) is 0 Å². The number of carbonyl (C=O) groups is 2. The predicted octanol–water partition coefficient (Wildman–Crippen LogP) is 1.89. The Balaban J connectivity index is 4.19. The van der Waals surface area contributed by atoms with Crippen LogP contribution < -0.4 is 0 Å². The van der Waals surface area contributed by atoms with E-state index < -0.39 is 11.9 Å². The van der Waals surface area contributed by atoms with Crippen LogP contribution >= 0.6 is 15.9 Å². The second-order valence-corrected chi connectivity index (χ2v) is 3.12. The van der Waals surface area contributed by atoms with Crippen molar-refractivity contribution in [1.82, 2.24) is 0 Å². The molecule has 0 aliphatic heterocycles. The Morgan fingerprint density at radius 2 is 2.14 bits per heavy atom. The monoisotopic (exact) mass is 260 g/mol. The first-order valence-electron chi connectivity index (χ1n) is 4.39. The van der Waals surface area contributed by atoms with Crippen molar-refractivity contribution in [3.8, 4) is 10.8 Å². The van der Waals surface area contributed by atoms with Crippen molar-refractivity contribution in [3.63, 3.8) is 0 Å². The zero-order valence-corrected chi connectivity index (χ0v) is 9.89. The number of ketones is 1. The van der Waals surface area contributed by atoms with Gasteiger partial charge in [0.1, 0.15) is 11.7 Å². The van der Waals surface area contributed by atoms with Crippen molar-refractivity contribution in [2.24, 2.45) is 5.92 Å². The van der Waals surface area contributed by atoms with E-state index in [0.717, 1.165) is 0 Å². The van der Waals surface area contributed by atoms with E-state index >= 15 is 0 Å². The molecule has 0 amide bonds. The quantitative estimate of drug-likeness (QED) is 0.431. The number of carbonyl (C=O) groups excluding carboxylic acids is 2. The van der Waals surface area contributed by atoms with Gasteiger partial charge in [0, 0.05) is 22.4 Å². The lowest BCUT2D eigenvalue weighted by Gasteiger charge is -2.10. The van der Waals surface area contributed by atoms with E-state index in [-0.39, 0.29) is 5.78 Å². The molecule has 0 bridgehead atoms. The van der Waals surface area contributed by atoms with E-state index in [1.807, 2.05) is 0 Å². The third kappa shape index (κ3) is 5.03. The van der Waals surface area contributed by atoms with Gasteiger partial charge in [0.15, 0.2) is 0 Å². The maximum absolute atomic E-state index is 11.3. The number of rotatable bonds is 5. The molecule has 0 aliphatic rings. The summed E-state index contributed by atoms with van der Waals surface area (Å²) in [5.41, 5.74) is 0. The van der Waals surface area contributed by atoms with Crippen LogP contribution in [0.3, 0.4) is 0 Å². The fraction of sp³-hybridized carbons (Fsp3) is 0.600. The summed E-state index contributed by atoms with van der Waals surface area (Å²) in [6, 6.07) is 0. The molecule has 3 nitrogen and oxygen atoms in total. The molecule has 0 saturated carbocycles. The molecule has 0 N–H and O–H groups in total. The van der Waals surface area contributed by atoms with Gasteiger partial charge >= 0.3 is 5.97 Å². The van der Waals surface area contributed by atoms with Crippen molar-refractivity contribution in [3.05, 3.63) is 0 Å². The van der Waals surface area contributed by atoms with E-state index in [9.17, 15) is 9.59 Å². The number of hydrogen-bond acceptors (Lipinski definition) is 3. The summed E-state index contributed by atoms with van der Waals surface area (Å²) in [5.74, 6) is 1.46. The smallest absolute Gasteiger partial charge is 0.316 e. The van der Waals surface area contributed by atoms with E-state index in [1.165, 1.54) is 6.92 Å². The molecule has 78 valence electrons. The van der Waals surface area contributed by atoms with E-state index in [0.29, 0.717) is 19.4 Å². The molecule has 0 spiro atoms. The average molecular weight is 261 g/mol. The third-order valence-electron chi connectivity index (χ3n) is 1.69. The van der Waals surface area contributed by atoms with Crippen LogP contribution in [0.4, 0.5) is 0 Å². The van der Waals surface area contributed by atoms with Gasteiger partial charge < -0.3 is 4.74 Å². The minimum atomic E-state index is -0.664. The zero-order chi connectivity index (χ0) is 11.0. The Labute approximate surface area is 92.3 Å². The van der Waals surface area contributed by atoms with Crippen LogP contribution in [0.5, 0.6) is 0 Å². The Morgan fingerprint density at radius 1 is 1.50 bits per heavy atom. The number of ether oxygens (including phenoxy) is 1. The molecule has 0 aromatic carbocycles. The van der Waals surface area contributed by atoms with Crippen molar-refractivity contribution in [1.29, 1.82) is 0 Å². The lowest BCUT2D eigenvalue weighted by Crippen LogP contribution is -2.24. The molecular weight excluding hydrogens is 248 g/mol. The molecule has 14 heavy (non-hydrogen) atoms. The summed E-state index contributed by atoms with van der Waals surface area (Å²) in [4.78, 5) is 24.9. The highest BCUT2D eigenvalue weighted by Crippen LogP contribution is 2.09. The summed E-state index contributed by atoms with van der Waals surface area (Å²) in [6.45, 7) is 3.41. The average Bonchev–Trinajstić information content (AvgIpc) is 2.12. The third-order valence-corrected chi connectivity index (χ3v) is 1.97. The summed E-state index contributed by atoms with van der Waals surface area (Å²) in [5, 5.41) is 0. The maximum Gasteiger partial charge on any atom is 0.316 e. The topological polar surface area (TPSA) is 43.4 Å². The van der Waals surface area contributed by atoms with Crippen LogP contribution in [-0.4, -0.2) is 18.4 Å². The van der Waals surface area contributed by atoms with E-state index in [2.05, 4.69) is 26.7 Å². The first-order valence-corrected chi connectivity index (χ1v) is 5.18. The molecule has 0 aliphatic carbocycles. The Hall–Kier alpha value is -0.820. The number of Topliss-reactive ketones (excluding diaryl/α,β-unsaturated/α-hetero) is 1. The fourth-order valence-corrected chi connectivity index (χ4v) is 1.19. The highest BCUT2D eigenvalue weighted by atomic mass is 79.9. The van der Waals surface area contributed by atoms with Crippen molar-refractivity contribution in [2.75, 3.05) is 6.61 Å². The molecule has 1 unspecified atom stereocenters. The molecule has 4 heteroatoms. The molecule has 0 aromatic rings. The summed E-state index contributed by atoms with van der Waals surface area (Å²) >= 11 is 2.94.